The van der Waals surface area contributed by atoms with Crippen LogP contribution < -0.4 is 8.92 Å². The van der Waals surface area contributed by atoms with E-state index in [4.69, 9.17) is 9.47 Å². The van der Waals surface area contributed by atoms with Gasteiger partial charge in [-0.2, -0.15) is 0 Å². The van der Waals surface area contributed by atoms with E-state index in [9.17, 15) is 0 Å². The fourth-order valence-electron chi connectivity index (χ4n) is 2.27. The molecule has 0 N–H and O–H groups in total. The van der Waals surface area contributed by atoms with Gasteiger partial charge in [-0.3, -0.25) is 0 Å². The first-order valence-corrected chi connectivity index (χ1v) is 11.6. The standard InChI is InChI=1S/C18H20O2Se2/c1-3-7-17(8-4-1)21-13-15-11-19-12-16(20-15)14-22-18-9-5-2-6-10-18/h1-10,15-16H,11-14H2/t15-,16+. The van der Waals surface area contributed by atoms with E-state index in [-0.39, 0.29) is 12.2 Å². The Morgan fingerprint density at radius 1 is 0.727 bits per heavy atom. The summed E-state index contributed by atoms with van der Waals surface area (Å²) in [5.74, 6) is 0. The molecule has 0 unspecified atom stereocenters. The van der Waals surface area contributed by atoms with Gasteiger partial charge in [-0.1, -0.05) is 0 Å². The van der Waals surface area contributed by atoms with Crippen LogP contribution in [0.4, 0.5) is 0 Å². The van der Waals surface area contributed by atoms with Gasteiger partial charge in [-0.05, 0) is 0 Å². The molecule has 1 heterocycles. The molecule has 1 fully saturated rings. The summed E-state index contributed by atoms with van der Waals surface area (Å²) < 4.78 is 14.9. The van der Waals surface area contributed by atoms with E-state index in [1.165, 1.54) is 8.92 Å². The van der Waals surface area contributed by atoms with Crippen molar-refractivity contribution < 1.29 is 9.47 Å². The number of hydrogen-bond donors (Lipinski definition) is 0. The molecule has 22 heavy (non-hydrogen) atoms. The van der Waals surface area contributed by atoms with Crippen molar-refractivity contribution in [2.75, 3.05) is 13.2 Å². The summed E-state index contributed by atoms with van der Waals surface area (Å²) in [6, 6.07) is 21.4. The fraction of sp³-hybridized carbons (Fsp3) is 0.333. The van der Waals surface area contributed by atoms with Crippen molar-refractivity contribution in [1.29, 1.82) is 0 Å². The Kier molecular flexibility index (Phi) is 6.57. The van der Waals surface area contributed by atoms with Gasteiger partial charge in [0, 0.05) is 0 Å². The van der Waals surface area contributed by atoms with E-state index < -0.39 is 0 Å². The molecule has 0 amide bonds. The van der Waals surface area contributed by atoms with Crippen LogP contribution in [0.15, 0.2) is 60.7 Å². The van der Waals surface area contributed by atoms with E-state index in [1.807, 2.05) is 0 Å². The third-order valence-corrected chi connectivity index (χ3v) is 8.15. The van der Waals surface area contributed by atoms with Gasteiger partial charge in [0.15, 0.2) is 0 Å². The Morgan fingerprint density at radius 2 is 1.18 bits per heavy atom. The molecular weight excluding hydrogens is 406 g/mol. The summed E-state index contributed by atoms with van der Waals surface area (Å²) >= 11 is 0.948. The third kappa shape index (κ3) is 5.24. The second-order valence-electron chi connectivity index (χ2n) is 5.17. The van der Waals surface area contributed by atoms with Gasteiger partial charge in [-0.25, -0.2) is 0 Å². The number of rotatable bonds is 6. The van der Waals surface area contributed by atoms with E-state index in [0.29, 0.717) is 29.9 Å². The van der Waals surface area contributed by atoms with Crippen LogP contribution in [-0.2, 0) is 9.47 Å². The Morgan fingerprint density at radius 3 is 1.64 bits per heavy atom. The van der Waals surface area contributed by atoms with E-state index in [2.05, 4.69) is 60.7 Å². The van der Waals surface area contributed by atoms with Crippen molar-refractivity contribution in [2.24, 2.45) is 0 Å². The second kappa shape index (κ2) is 8.88. The maximum absolute atomic E-state index is 6.24. The molecule has 116 valence electrons. The van der Waals surface area contributed by atoms with Crippen LogP contribution in [0.1, 0.15) is 0 Å². The predicted molar refractivity (Wildman–Crippen MR) is 92.8 cm³/mol. The second-order valence-corrected chi connectivity index (χ2v) is 9.75. The molecule has 2 nitrogen and oxygen atoms in total. The molecule has 1 saturated heterocycles. The monoisotopic (exact) mass is 428 g/mol. The zero-order valence-corrected chi connectivity index (χ0v) is 15.8. The number of ether oxygens (including phenoxy) is 2. The van der Waals surface area contributed by atoms with Gasteiger partial charge in [0.25, 0.3) is 0 Å². The maximum atomic E-state index is 6.24. The molecule has 0 aliphatic carbocycles. The molecule has 2 aromatic rings. The summed E-state index contributed by atoms with van der Waals surface area (Å²) in [5, 5.41) is 2.21. The minimum atomic E-state index is 0.269. The molecule has 0 radical (unpaired) electrons. The zero-order chi connectivity index (χ0) is 15.0. The molecule has 1 aliphatic rings. The number of benzene rings is 2. The van der Waals surface area contributed by atoms with Gasteiger partial charge in [0.1, 0.15) is 0 Å². The van der Waals surface area contributed by atoms with Crippen LogP contribution in [0.3, 0.4) is 0 Å². The van der Waals surface area contributed by atoms with Crippen molar-refractivity contribution in [3.05, 3.63) is 60.7 Å². The third-order valence-electron chi connectivity index (χ3n) is 3.35. The fourth-order valence-corrected chi connectivity index (χ4v) is 6.06. The summed E-state index contributed by atoms with van der Waals surface area (Å²) in [6.07, 6.45) is 0.538. The van der Waals surface area contributed by atoms with Gasteiger partial charge in [0.05, 0.1) is 0 Å². The van der Waals surface area contributed by atoms with Gasteiger partial charge < -0.3 is 0 Å². The normalized spacial score (nSPS) is 21.6. The van der Waals surface area contributed by atoms with E-state index in [0.717, 1.165) is 23.9 Å². The van der Waals surface area contributed by atoms with Gasteiger partial charge in [-0.15, -0.1) is 0 Å². The van der Waals surface area contributed by atoms with Crippen LogP contribution in [0.2, 0.25) is 10.6 Å². The average Bonchev–Trinajstić information content (AvgIpc) is 2.60. The van der Waals surface area contributed by atoms with E-state index >= 15 is 0 Å². The SMILES string of the molecule is c1ccc([Se]C[C@H]2COC[C@@H](C[Se]c3ccccc3)O2)cc1. The summed E-state index contributed by atoms with van der Waals surface area (Å²) in [7, 11) is 0. The molecule has 2 atom stereocenters. The van der Waals surface area contributed by atoms with Gasteiger partial charge >= 0.3 is 145 Å². The van der Waals surface area contributed by atoms with Crippen molar-refractivity contribution >= 4 is 38.8 Å². The van der Waals surface area contributed by atoms with Crippen molar-refractivity contribution in [1.82, 2.24) is 0 Å². The summed E-state index contributed by atoms with van der Waals surface area (Å²) in [5.41, 5.74) is 0. The van der Waals surface area contributed by atoms with E-state index in [1.54, 1.807) is 0 Å². The average molecular weight is 426 g/mol. The van der Waals surface area contributed by atoms with Crippen LogP contribution in [-0.4, -0.2) is 55.3 Å². The van der Waals surface area contributed by atoms with Crippen LogP contribution in [0.5, 0.6) is 0 Å². The van der Waals surface area contributed by atoms with Crippen LogP contribution in [0.25, 0.3) is 0 Å². The first-order chi connectivity index (χ1) is 10.9. The van der Waals surface area contributed by atoms with Crippen LogP contribution >= 0.6 is 0 Å². The number of hydrogen-bond acceptors (Lipinski definition) is 2. The summed E-state index contributed by atoms with van der Waals surface area (Å²) in [6.45, 7) is 1.51. The Bertz CT molecular complexity index is 498. The minimum absolute atomic E-state index is 0.269. The molecule has 4 heteroatoms. The quantitative estimate of drug-likeness (QED) is 0.655. The first-order valence-electron chi connectivity index (χ1n) is 7.49. The molecule has 0 bridgehead atoms. The Labute approximate surface area is 144 Å². The Balaban J connectivity index is 1.43. The topological polar surface area (TPSA) is 18.5 Å². The van der Waals surface area contributed by atoms with Crippen LogP contribution in [0, 0.1) is 0 Å². The summed E-state index contributed by atoms with van der Waals surface area (Å²) in [4.78, 5) is 0. The Hall–Kier alpha value is -0.601. The van der Waals surface area contributed by atoms with Crippen molar-refractivity contribution in [2.45, 2.75) is 22.8 Å². The molecule has 0 aromatic heterocycles. The van der Waals surface area contributed by atoms with Crippen molar-refractivity contribution in [3.8, 4) is 0 Å². The molecule has 2 aromatic carbocycles. The molecule has 3 rings (SSSR count). The molecule has 0 saturated carbocycles. The molecule has 0 spiro atoms. The predicted octanol–water partition coefficient (Wildman–Crippen LogP) is 1.67. The van der Waals surface area contributed by atoms with Crippen molar-refractivity contribution in [3.63, 3.8) is 0 Å². The molecular formula is C18H20O2Se2. The first kappa shape index (κ1) is 16.3. The zero-order valence-electron chi connectivity index (χ0n) is 12.4. The van der Waals surface area contributed by atoms with Gasteiger partial charge in [0.2, 0.25) is 0 Å². The molecule has 1 aliphatic heterocycles.